The fraction of sp³-hybridized carbons (Fsp3) is 0.395. The number of hydrogen-bond acceptors (Lipinski definition) is 10. The van der Waals surface area contributed by atoms with Gasteiger partial charge in [-0.15, -0.1) is 0 Å². The molecule has 6 N–H and O–H groups in total. The Kier molecular flexibility index (Phi) is 13.2. The molecule has 7 rings (SSSR count). The second kappa shape index (κ2) is 19.0. The molecule has 0 saturated carbocycles. The molecule has 310 valence electrons. The molecule has 16 heteroatoms. The molecule has 0 unspecified atom stereocenters. The van der Waals surface area contributed by atoms with Crippen LogP contribution in [0.4, 0.5) is 16.3 Å². The fourth-order valence-electron chi connectivity index (χ4n) is 7.96. The molecule has 6 amide bonds. The number of amides is 6. The van der Waals surface area contributed by atoms with E-state index in [1.54, 1.807) is 24.3 Å². The lowest BCUT2D eigenvalue weighted by Crippen LogP contribution is -2.49. The topological polar surface area (TPSA) is 196 Å². The number of ether oxygens (including phenoxy) is 1. The molecular formula is C43H52N10O6. The van der Waals surface area contributed by atoms with E-state index in [9.17, 15) is 24.0 Å². The summed E-state index contributed by atoms with van der Waals surface area (Å²) >= 11 is 0. The molecule has 4 aromatic rings. The summed E-state index contributed by atoms with van der Waals surface area (Å²) < 4.78 is 7.91. The van der Waals surface area contributed by atoms with Crippen molar-refractivity contribution in [3.8, 4) is 22.8 Å². The van der Waals surface area contributed by atoms with E-state index in [1.807, 2.05) is 71.2 Å². The Balaban J connectivity index is 0.821. The van der Waals surface area contributed by atoms with Gasteiger partial charge in [-0.25, -0.2) is 9.48 Å². The molecule has 0 aliphatic carbocycles. The quantitative estimate of drug-likeness (QED) is 0.104. The maximum atomic E-state index is 13.2. The molecule has 3 aliphatic heterocycles. The Hall–Kier alpha value is -6.26. The van der Waals surface area contributed by atoms with E-state index >= 15 is 0 Å². The number of carbonyl (C=O) groups is 5. The minimum Gasteiger partial charge on any atom is -0.457 e. The Morgan fingerprint density at radius 1 is 0.898 bits per heavy atom. The SMILES string of the molecule is CN(CCNCCNC(=O)c1cccc(N2CCC(=O)NC2=O)c1)CCC(=O)N1CCC([C@@H]2CCNc3c(C(N)=O)c(-c4ccc(Oc5ccccc5)cc4)nn32)CC1. The standard InChI is InChI=1S/C43H52N10O6/c1-50(27-22-45-20-21-47-42(57)31-6-5-7-32(28-31)52-26-17-36(54)48-43(52)58)23-18-37(55)51-24-15-29(16-25-51)35-14-19-46-41-38(40(44)56)39(49-53(35)41)30-10-12-34(13-11-30)59-33-8-3-2-4-9-33/h2-13,28-29,35,45-46H,14-27H2,1H3,(H2,44,56)(H,47,57)(H,48,54,58)/t35-/m0/s1. The summed E-state index contributed by atoms with van der Waals surface area (Å²) in [4.78, 5) is 68.0. The third kappa shape index (κ3) is 10.1. The number of fused-ring (bicyclic) bond motifs is 1. The Labute approximate surface area is 343 Å². The maximum absolute atomic E-state index is 13.2. The molecule has 1 atom stereocenters. The lowest BCUT2D eigenvalue weighted by Gasteiger charge is -2.38. The van der Waals surface area contributed by atoms with Crippen molar-refractivity contribution < 1.29 is 28.7 Å². The van der Waals surface area contributed by atoms with E-state index in [-0.39, 0.29) is 36.7 Å². The van der Waals surface area contributed by atoms with Crippen LogP contribution in [0, 0.1) is 5.92 Å². The zero-order chi connectivity index (χ0) is 41.3. The van der Waals surface area contributed by atoms with Crippen molar-refractivity contribution in [2.45, 2.75) is 38.1 Å². The van der Waals surface area contributed by atoms with E-state index in [0.717, 1.165) is 37.1 Å². The van der Waals surface area contributed by atoms with Crippen LogP contribution in [-0.2, 0) is 9.59 Å². The number of nitrogens with two attached hydrogens (primary N) is 1. The van der Waals surface area contributed by atoms with Gasteiger partial charge in [-0.05, 0) is 86.8 Å². The lowest BCUT2D eigenvalue weighted by atomic mass is 9.86. The summed E-state index contributed by atoms with van der Waals surface area (Å²) in [7, 11) is 1.99. The molecule has 0 radical (unpaired) electrons. The third-order valence-corrected chi connectivity index (χ3v) is 11.2. The van der Waals surface area contributed by atoms with E-state index in [2.05, 4.69) is 26.2 Å². The fourth-order valence-corrected chi connectivity index (χ4v) is 7.96. The van der Waals surface area contributed by atoms with Gasteiger partial charge in [0.2, 0.25) is 11.8 Å². The van der Waals surface area contributed by atoms with Crippen LogP contribution in [0.2, 0.25) is 0 Å². The first-order valence-electron chi connectivity index (χ1n) is 20.3. The number of para-hydroxylation sites is 1. The Morgan fingerprint density at radius 2 is 1.66 bits per heavy atom. The van der Waals surface area contributed by atoms with Gasteiger partial charge in [0.15, 0.2) is 0 Å². The summed E-state index contributed by atoms with van der Waals surface area (Å²) in [6.07, 6.45) is 3.20. The van der Waals surface area contributed by atoms with Crippen LogP contribution in [0.15, 0.2) is 78.9 Å². The number of nitrogens with one attached hydrogen (secondary N) is 4. The molecule has 1 aromatic heterocycles. The van der Waals surface area contributed by atoms with Gasteiger partial charge < -0.3 is 36.2 Å². The second-order valence-electron chi connectivity index (χ2n) is 15.2. The molecule has 2 fully saturated rings. The number of rotatable bonds is 16. The number of likely N-dealkylation sites (tertiary alicyclic amines) is 1. The maximum Gasteiger partial charge on any atom is 0.328 e. The summed E-state index contributed by atoms with van der Waals surface area (Å²) in [5.74, 6) is 1.42. The van der Waals surface area contributed by atoms with Gasteiger partial charge >= 0.3 is 6.03 Å². The average molecular weight is 805 g/mol. The zero-order valence-corrected chi connectivity index (χ0v) is 33.3. The number of likely N-dealkylation sites (N-methyl/N-ethyl adjacent to an activating group) is 1. The number of hydrogen-bond donors (Lipinski definition) is 5. The van der Waals surface area contributed by atoms with Crippen LogP contribution in [0.5, 0.6) is 11.5 Å². The van der Waals surface area contributed by atoms with Crippen molar-refractivity contribution in [1.29, 1.82) is 0 Å². The number of piperidine rings is 1. The first-order valence-corrected chi connectivity index (χ1v) is 20.3. The van der Waals surface area contributed by atoms with Gasteiger partial charge in [0.25, 0.3) is 11.8 Å². The Morgan fingerprint density at radius 3 is 2.41 bits per heavy atom. The van der Waals surface area contributed by atoms with Crippen LogP contribution in [-0.4, -0.2) is 115 Å². The summed E-state index contributed by atoms with van der Waals surface area (Å²) in [5.41, 5.74) is 8.64. The highest BCUT2D eigenvalue weighted by Crippen LogP contribution is 2.40. The highest BCUT2D eigenvalue weighted by atomic mass is 16.5. The van der Waals surface area contributed by atoms with E-state index in [1.165, 1.54) is 4.90 Å². The van der Waals surface area contributed by atoms with E-state index in [4.69, 9.17) is 15.6 Å². The lowest BCUT2D eigenvalue weighted by molar-refractivity contribution is -0.133. The molecule has 2 saturated heterocycles. The number of carbonyl (C=O) groups excluding carboxylic acids is 5. The number of urea groups is 1. The van der Waals surface area contributed by atoms with Gasteiger partial charge in [-0.3, -0.25) is 29.4 Å². The molecular weight excluding hydrogens is 753 g/mol. The number of anilines is 2. The molecule has 0 spiro atoms. The van der Waals surface area contributed by atoms with Gasteiger partial charge in [0.1, 0.15) is 28.6 Å². The zero-order valence-electron chi connectivity index (χ0n) is 33.3. The predicted molar refractivity (Wildman–Crippen MR) is 223 cm³/mol. The predicted octanol–water partition coefficient (Wildman–Crippen LogP) is 3.82. The molecule has 0 bridgehead atoms. The van der Waals surface area contributed by atoms with Crippen LogP contribution >= 0.6 is 0 Å². The third-order valence-electron chi connectivity index (χ3n) is 11.2. The van der Waals surface area contributed by atoms with Gasteiger partial charge in [-0.2, -0.15) is 5.10 Å². The second-order valence-corrected chi connectivity index (χ2v) is 15.2. The average Bonchev–Trinajstić information content (AvgIpc) is 3.65. The number of nitrogens with zero attached hydrogens (tertiary/aromatic N) is 5. The minimum atomic E-state index is -0.532. The molecule has 16 nitrogen and oxygen atoms in total. The Bertz CT molecular complexity index is 2130. The van der Waals surface area contributed by atoms with Crippen molar-refractivity contribution in [2.75, 3.05) is 76.2 Å². The van der Waals surface area contributed by atoms with Gasteiger partial charge in [0, 0.05) is 88.6 Å². The van der Waals surface area contributed by atoms with Gasteiger partial charge in [0.05, 0.1) is 6.04 Å². The van der Waals surface area contributed by atoms with Gasteiger partial charge in [-0.1, -0.05) is 24.3 Å². The molecule has 3 aliphatic rings. The number of imide groups is 1. The van der Waals surface area contributed by atoms with Crippen molar-refractivity contribution in [3.05, 3.63) is 90.0 Å². The van der Waals surface area contributed by atoms with E-state index < -0.39 is 11.9 Å². The largest absolute Gasteiger partial charge is 0.457 e. The highest BCUT2D eigenvalue weighted by molar-refractivity contribution is 6.06. The summed E-state index contributed by atoms with van der Waals surface area (Å²) in [6, 6.07) is 23.4. The van der Waals surface area contributed by atoms with Crippen molar-refractivity contribution >= 4 is 41.2 Å². The monoisotopic (exact) mass is 804 g/mol. The molecule has 4 heterocycles. The van der Waals surface area contributed by atoms with Crippen LogP contribution in [0.3, 0.4) is 0 Å². The number of primary amides is 1. The smallest absolute Gasteiger partial charge is 0.328 e. The summed E-state index contributed by atoms with van der Waals surface area (Å²) in [5, 5.41) is 16.9. The van der Waals surface area contributed by atoms with Crippen LogP contribution < -0.4 is 36.6 Å². The van der Waals surface area contributed by atoms with Crippen molar-refractivity contribution in [1.82, 2.24) is 35.5 Å². The number of aromatic nitrogens is 2. The van der Waals surface area contributed by atoms with E-state index in [0.29, 0.717) is 92.2 Å². The highest BCUT2D eigenvalue weighted by Gasteiger charge is 2.36. The minimum absolute atomic E-state index is 0.0809. The van der Waals surface area contributed by atoms with Crippen molar-refractivity contribution in [3.63, 3.8) is 0 Å². The number of benzene rings is 3. The summed E-state index contributed by atoms with van der Waals surface area (Å²) in [6.45, 7) is 5.40. The first-order chi connectivity index (χ1) is 28.6. The molecule has 3 aromatic carbocycles. The normalized spacial score (nSPS) is 16.9. The van der Waals surface area contributed by atoms with Crippen molar-refractivity contribution in [2.24, 2.45) is 11.7 Å². The molecule has 59 heavy (non-hydrogen) atoms. The van der Waals surface area contributed by atoms with Crippen LogP contribution in [0.25, 0.3) is 11.3 Å². The van der Waals surface area contributed by atoms with Crippen LogP contribution in [0.1, 0.15) is 58.9 Å². The first kappa shape index (κ1) is 40.9.